The van der Waals surface area contributed by atoms with Crippen molar-refractivity contribution >= 4 is 5.69 Å². The molecule has 0 amide bonds. The van der Waals surface area contributed by atoms with Crippen LogP contribution in [0.15, 0.2) is 36.4 Å². The highest BCUT2D eigenvalue weighted by atomic mass is 16.3. The number of nitrogens with one attached hydrogen (secondary N) is 1. The average Bonchev–Trinajstić information content (AvgIpc) is 2.30. The molecule has 0 fully saturated rings. The Hall–Kier alpha value is -2.16. The SMILES string of the molecule is Cc1ccc(NCc2ccc(O)cc2O)c(C)c1. The van der Waals surface area contributed by atoms with Crippen molar-refractivity contribution in [2.45, 2.75) is 20.4 Å². The summed E-state index contributed by atoms with van der Waals surface area (Å²) in [6.07, 6.45) is 0. The molecule has 3 heteroatoms. The molecule has 0 atom stereocenters. The molecule has 0 saturated heterocycles. The number of anilines is 1. The van der Waals surface area contributed by atoms with Crippen molar-refractivity contribution in [1.82, 2.24) is 0 Å². The monoisotopic (exact) mass is 243 g/mol. The van der Waals surface area contributed by atoms with Crippen molar-refractivity contribution in [3.05, 3.63) is 53.1 Å². The molecule has 0 spiro atoms. The number of hydrogen-bond donors (Lipinski definition) is 3. The van der Waals surface area contributed by atoms with E-state index < -0.39 is 0 Å². The molecule has 18 heavy (non-hydrogen) atoms. The number of rotatable bonds is 3. The second kappa shape index (κ2) is 5.00. The fourth-order valence-electron chi connectivity index (χ4n) is 1.90. The zero-order valence-corrected chi connectivity index (χ0v) is 10.6. The topological polar surface area (TPSA) is 52.5 Å². The minimum absolute atomic E-state index is 0.0720. The quantitative estimate of drug-likeness (QED) is 0.775. The molecular formula is C15H17NO2. The van der Waals surface area contributed by atoms with Gasteiger partial charge in [-0.3, -0.25) is 0 Å². The highest BCUT2D eigenvalue weighted by molar-refractivity contribution is 5.53. The Kier molecular flexibility index (Phi) is 3.42. The number of phenols is 2. The third kappa shape index (κ3) is 2.74. The van der Waals surface area contributed by atoms with Crippen LogP contribution in [-0.2, 0) is 6.54 Å². The molecule has 2 rings (SSSR count). The highest BCUT2D eigenvalue weighted by Crippen LogP contribution is 2.24. The van der Waals surface area contributed by atoms with E-state index in [1.807, 2.05) is 19.1 Å². The number of aromatic hydroxyl groups is 2. The Morgan fingerprint density at radius 1 is 1.00 bits per heavy atom. The maximum Gasteiger partial charge on any atom is 0.124 e. The zero-order valence-electron chi connectivity index (χ0n) is 10.6. The largest absolute Gasteiger partial charge is 0.508 e. The van der Waals surface area contributed by atoms with E-state index in [1.54, 1.807) is 12.1 Å². The van der Waals surface area contributed by atoms with Gasteiger partial charge in [0.1, 0.15) is 11.5 Å². The van der Waals surface area contributed by atoms with Crippen molar-refractivity contribution < 1.29 is 10.2 Å². The molecule has 0 bridgehead atoms. The van der Waals surface area contributed by atoms with Crippen LogP contribution < -0.4 is 5.32 Å². The normalized spacial score (nSPS) is 10.3. The van der Waals surface area contributed by atoms with E-state index in [0.29, 0.717) is 6.54 Å². The average molecular weight is 243 g/mol. The summed E-state index contributed by atoms with van der Waals surface area (Å²) in [7, 11) is 0. The van der Waals surface area contributed by atoms with E-state index in [1.165, 1.54) is 17.2 Å². The molecule has 3 nitrogen and oxygen atoms in total. The van der Waals surface area contributed by atoms with Crippen molar-refractivity contribution in [2.24, 2.45) is 0 Å². The standard InChI is InChI=1S/C15H17NO2/c1-10-3-6-14(11(2)7-10)16-9-12-4-5-13(17)8-15(12)18/h3-8,16-18H,9H2,1-2H3. The van der Waals surface area contributed by atoms with Gasteiger partial charge in [-0.15, -0.1) is 0 Å². The van der Waals surface area contributed by atoms with Gasteiger partial charge in [-0.1, -0.05) is 17.7 Å². The molecule has 94 valence electrons. The van der Waals surface area contributed by atoms with Crippen LogP contribution in [0.2, 0.25) is 0 Å². The Morgan fingerprint density at radius 3 is 2.44 bits per heavy atom. The van der Waals surface area contributed by atoms with E-state index in [-0.39, 0.29) is 11.5 Å². The maximum atomic E-state index is 9.68. The fraction of sp³-hybridized carbons (Fsp3) is 0.200. The van der Waals surface area contributed by atoms with Crippen LogP contribution in [0.25, 0.3) is 0 Å². The molecule has 0 unspecified atom stereocenters. The smallest absolute Gasteiger partial charge is 0.124 e. The second-order valence-corrected chi connectivity index (χ2v) is 4.48. The molecule has 0 heterocycles. The van der Waals surface area contributed by atoms with Gasteiger partial charge in [-0.2, -0.15) is 0 Å². The van der Waals surface area contributed by atoms with Crippen molar-refractivity contribution in [2.75, 3.05) is 5.32 Å². The summed E-state index contributed by atoms with van der Waals surface area (Å²) < 4.78 is 0. The van der Waals surface area contributed by atoms with Gasteiger partial charge in [0.25, 0.3) is 0 Å². The van der Waals surface area contributed by atoms with Crippen molar-refractivity contribution in [3.8, 4) is 11.5 Å². The summed E-state index contributed by atoms with van der Waals surface area (Å²) >= 11 is 0. The fourth-order valence-corrected chi connectivity index (χ4v) is 1.90. The van der Waals surface area contributed by atoms with E-state index in [9.17, 15) is 10.2 Å². The third-order valence-electron chi connectivity index (χ3n) is 2.92. The lowest BCUT2D eigenvalue weighted by Gasteiger charge is -2.11. The Balaban J connectivity index is 2.11. The number of aryl methyl sites for hydroxylation is 2. The summed E-state index contributed by atoms with van der Waals surface area (Å²) in [5.41, 5.74) is 4.21. The Bertz CT molecular complexity index is 513. The van der Waals surface area contributed by atoms with Gasteiger partial charge in [0.15, 0.2) is 0 Å². The van der Waals surface area contributed by atoms with Gasteiger partial charge in [-0.05, 0) is 37.6 Å². The van der Waals surface area contributed by atoms with E-state index in [0.717, 1.165) is 11.3 Å². The van der Waals surface area contributed by atoms with Crippen LogP contribution in [0.1, 0.15) is 16.7 Å². The predicted octanol–water partition coefficient (Wildman–Crippen LogP) is 3.33. The molecule has 0 aliphatic rings. The Labute approximate surface area is 107 Å². The van der Waals surface area contributed by atoms with Crippen molar-refractivity contribution in [1.29, 1.82) is 0 Å². The third-order valence-corrected chi connectivity index (χ3v) is 2.92. The number of hydrogen-bond acceptors (Lipinski definition) is 3. The van der Waals surface area contributed by atoms with Gasteiger partial charge in [0.2, 0.25) is 0 Å². The molecule has 2 aromatic carbocycles. The first-order valence-electron chi connectivity index (χ1n) is 5.88. The minimum Gasteiger partial charge on any atom is -0.508 e. The van der Waals surface area contributed by atoms with Crippen LogP contribution in [-0.4, -0.2) is 10.2 Å². The molecule has 0 aliphatic heterocycles. The summed E-state index contributed by atoms with van der Waals surface area (Å²) in [5.74, 6) is 0.176. The number of benzene rings is 2. The van der Waals surface area contributed by atoms with Crippen LogP contribution in [0.5, 0.6) is 11.5 Å². The molecule has 0 aromatic heterocycles. The summed E-state index contributed by atoms with van der Waals surface area (Å²) in [5, 5.41) is 22.2. The summed E-state index contributed by atoms with van der Waals surface area (Å²) in [6.45, 7) is 4.63. The molecule has 0 aliphatic carbocycles. The van der Waals surface area contributed by atoms with Gasteiger partial charge in [-0.25, -0.2) is 0 Å². The molecule has 3 N–H and O–H groups in total. The zero-order chi connectivity index (χ0) is 13.1. The first-order valence-corrected chi connectivity index (χ1v) is 5.88. The van der Waals surface area contributed by atoms with Gasteiger partial charge in [0, 0.05) is 23.9 Å². The van der Waals surface area contributed by atoms with Crippen LogP contribution in [0, 0.1) is 13.8 Å². The number of phenolic OH excluding ortho intramolecular Hbond substituents is 2. The molecule has 0 radical (unpaired) electrons. The Morgan fingerprint density at radius 2 is 1.78 bits per heavy atom. The molecular weight excluding hydrogens is 226 g/mol. The van der Waals surface area contributed by atoms with Crippen LogP contribution in [0.3, 0.4) is 0 Å². The van der Waals surface area contributed by atoms with Gasteiger partial charge >= 0.3 is 0 Å². The van der Waals surface area contributed by atoms with E-state index in [2.05, 4.69) is 18.3 Å². The molecule has 0 saturated carbocycles. The summed E-state index contributed by atoms with van der Waals surface area (Å²) in [4.78, 5) is 0. The lowest BCUT2D eigenvalue weighted by Crippen LogP contribution is -2.01. The van der Waals surface area contributed by atoms with Crippen LogP contribution in [0.4, 0.5) is 5.69 Å². The van der Waals surface area contributed by atoms with E-state index in [4.69, 9.17) is 0 Å². The van der Waals surface area contributed by atoms with Crippen molar-refractivity contribution in [3.63, 3.8) is 0 Å². The maximum absolute atomic E-state index is 9.68. The minimum atomic E-state index is 0.0720. The lowest BCUT2D eigenvalue weighted by molar-refractivity contribution is 0.446. The van der Waals surface area contributed by atoms with Crippen LogP contribution >= 0.6 is 0 Å². The lowest BCUT2D eigenvalue weighted by atomic mass is 10.1. The van der Waals surface area contributed by atoms with Gasteiger partial charge < -0.3 is 15.5 Å². The van der Waals surface area contributed by atoms with E-state index >= 15 is 0 Å². The highest BCUT2D eigenvalue weighted by Gasteiger charge is 2.03. The van der Waals surface area contributed by atoms with Gasteiger partial charge in [0.05, 0.1) is 0 Å². The second-order valence-electron chi connectivity index (χ2n) is 4.48. The summed E-state index contributed by atoms with van der Waals surface area (Å²) in [6, 6.07) is 10.8. The molecule has 2 aromatic rings. The predicted molar refractivity (Wildman–Crippen MR) is 73.0 cm³/mol. The first-order chi connectivity index (χ1) is 8.56. The first kappa shape index (κ1) is 12.3.